The van der Waals surface area contributed by atoms with Crippen LogP contribution in [0.5, 0.6) is 0 Å². The first-order valence-corrected chi connectivity index (χ1v) is 2.64. The number of ether oxygens (including phenoxy) is 1. The van der Waals surface area contributed by atoms with E-state index in [0.29, 0.717) is 0 Å². The molecule has 0 aromatic carbocycles. The fourth-order valence-electron chi connectivity index (χ4n) is 0.324. The van der Waals surface area contributed by atoms with Crippen molar-refractivity contribution in [3.8, 4) is 0 Å². The minimum Gasteiger partial charge on any atom is -0.465 e. The molecule has 0 saturated heterocycles. The molecule has 0 heterocycles. The molecule has 0 aliphatic carbocycles. The Labute approximate surface area is 57.5 Å². The number of rotatable bonds is 3. The van der Waals surface area contributed by atoms with E-state index in [2.05, 4.69) is 9.62 Å². The highest BCUT2D eigenvalue weighted by molar-refractivity contribution is 5.70. The van der Waals surface area contributed by atoms with Gasteiger partial charge in [0.15, 0.2) is 0 Å². The van der Waals surface area contributed by atoms with Crippen molar-refractivity contribution in [2.45, 2.75) is 13.3 Å². The van der Waals surface area contributed by atoms with Crippen LogP contribution < -0.4 is 0 Å². The predicted octanol–water partition coefficient (Wildman–Crippen LogP) is -0.0442. The number of carbonyl (C=O) groups excluding carboxylic acids is 2. The third-order valence-corrected chi connectivity index (χ3v) is 0.713. The monoisotopic (exact) mass is 148 g/mol. The van der Waals surface area contributed by atoms with E-state index in [1.807, 2.05) is 0 Å². The van der Waals surface area contributed by atoms with Gasteiger partial charge >= 0.3 is 11.9 Å². The topological polar surface area (TPSA) is 72.8 Å². The van der Waals surface area contributed by atoms with Crippen molar-refractivity contribution in [1.29, 1.82) is 0 Å². The molecule has 58 valence electrons. The van der Waals surface area contributed by atoms with Crippen molar-refractivity contribution in [2.24, 2.45) is 0 Å². The lowest BCUT2D eigenvalue weighted by molar-refractivity contribution is -0.235. The lowest BCUT2D eigenvalue weighted by Gasteiger charge is -1.97. The zero-order chi connectivity index (χ0) is 7.98. The quantitative estimate of drug-likeness (QED) is 0.345. The molecule has 0 atom stereocenters. The fourth-order valence-corrected chi connectivity index (χ4v) is 0.324. The molecule has 0 fully saturated rings. The average molecular weight is 148 g/mol. The van der Waals surface area contributed by atoms with E-state index in [1.165, 1.54) is 6.92 Å². The van der Waals surface area contributed by atoms with Gasteiger partial charge in [0.1, 0.15) is 6.61 Å². The maximum absolute atomic E-state index is 10.1. The molecule has 0 amide bonds. The van der Waals surface area contributed by atoms with Gasteiger partial charge in [-0.2, -0.15) is 5.26 Å². The first-order valence-electron chi connectivity index (χ1n) is 2.64. The summed E-state index contributed by atoms with van der Waals surface area (Å²) in [6.45, 7) is 1.17. The number of hydrogen-bond donors (Lipinski definition) is 1. The van der Waals surface area contributed by atoms with Crippen LogP contribution in [0, 0.1) is 0 Å². The van der Waals surface area contributed by atoms with E-state index in [9.17, 15) is 9.59 Å². The van der Waals surface area contributed by atoms with Crippen LogP contribution in [0.15, 0.2) is 0 Å². The Morgan fingerprint density at radius 3 is 2.50 bits per heavy atom. The fraction of sp³-hybridized carbons (Fsp3) is 0.600. The van der Waals surface area contributed by atoms with Gasteiger partial charge in [0.2, 0.25) is 0 Å². The second kappa shape index (κ2) is 4.75. The van der Waals surface area contributed by atoms with Gasteiger partial charge in [-0.1, -0.05) is 0 Å². The normalized spacial score (nSPS) is 8.60. The SMILES string of the molecule is CC(=O)OCCC(=O)OO. The predicted molar refractivity (Wildman–Crippen MR) is 30.0 cm³/mol. The van der Waals surface area contributed by atoms with Crippen molar-refractivity contribution < 1.29 is 24.5 Å². The number of carbonyl (C=O) groups is 2. The Hall–Kier alpha value is -1.10. The van der Waals surface area contributed by atoms with Crippen LogP contribution in [0.1, 0.15) is 13.3 Å². The highest BCUT2D eigenvalue weighted by Gasteiger charge is 2.01. The van der Waals surface area contributed by atoms with E-state index < -0.39 is 11.9 Å². The number of hydrogen-bond acceptors (Lipinski definition) is 5. The molecular formula is C5H8O5. The third-order valence-electron chi connectivity index (χ3n) is 0.713. The van der Waals surface area contributed by atoms with Crippen LogP contribution in [-0.2, 0) is 19.2 Å². The Balaban J connectivity index is 3.20. The van der Waals surface area contributed by atoms with Crippen LogP contribution in [0.4, 0.5) is 0 Å². The lowest BCUT2D eigenvalue weighted by atomic mass is 10.5. The Kier molecular flexibility index (Phi) is 4.23. The molecule has 10 heavy (non-hydrogen) atoms. The molecule has 0 bridgehead atoms. The van der Waals surface area contributed by atoms with Gasteiger partial charge in [-0.3, -0.25) is 4.79 Å². The maximum Gasteiger partial charge on any atom is 0.345 e. The molecule has 0 aromatic heterocycles. The Morgan fingerprint density at radius 2 is 2.10 bits per heavy atom. The molecule has 0 radical (unpaired) electrons. The summed E-state index contributed by atoms with van der Waals surface area (Å²) >= 11 is 0. The standard InChI is InChI=1S/C5H8O5/c1-4(6)9-3-2-5(7)10-8/h8H,2-3H2,1H3. The van der Waals surface area contributed by atoms with E-state index >= 15 is 0 Å². The summed E-state index contributed by atoms with van der Waals surface area (Å²) in [5, 5.41) is 7.71. The highest BCUT2D eigenvalue weighted by atomic mass is 17.1. The van der Waals surface area contributed by atoms with E-state index in [1.54, 1.807) is 0 Å². The van der Waals surface area contributed by atoms with Gasteiger partial charge in [0.05, 0.1) is 6.42 Å². The molecule has 0 aromatic rings. The molecule has 5 nitrogen and oxygen atoms in total. The second-order valence-corrected chi connectivity index (χ2v) is 1.55. The van der Waals surface area contributed by atoms with Crippen molar-refractivity contribution >= 4 is 11.9 Å². The summed E-state index contributed by atoms with van der Waals surface area (Å²) in [5.41, 5.74) is 0. The first-order chi connectivity index (χ1) is 4.66. The Morgan fingerprint density at radius 1 is 1.50 bits per heavy atom. The zero-order valence-electron chi connectivity index (χ0n) is 5.49. The lowest BCUT2D eigenvalue weighted by Crippen LogP contribution is -2.08. The Bertz CT molecular complexity index is 130. The van der Waals surface area contributed by atoms with E-state index in [4.69, 9.17) is 5.26 Å². The first kappa shape index (κ1) is 8.90. The summed E-state index contributed by atoms with van der Waals surface area (Å²) < 4.78 is 4.36. The minimum absolute atomic E-state index is 0.0608. The van der Waals surface area contributed by atoms with Crippen molar-refractivity contribution in [1.82, 2.24) is 0 Å². The summed E-state index contributed by atoms with van der Waals surface area (Å²) in [6.07, 6.45) is -0.129. The van der Waals surface area contributed by atoms with Gasteiger partial charge in [-0.25, -0.2) is 4.79 Å². The summed E-state index contributed by atoms with van der Waals surface area (Å²) in [5.74, 6) is -1.29. The smallest absolute Gasteiger partial charge is 0.345 e. The third kappa shape index (κ3) is 5.04. The second-order valence-electron chi connectivity index (χ2n) is 1.55. The van der Waals surface area contributed by atoms with Crippen LogP contribution in [0.25, 0.3) is 0 Å². The van der Waals surface area contributed by atoms with Crippen molar-refractivity contribution in [2.75, 3.05) is 6.61 Å². The van der Waals surface area contributed by atoms with Gasteiger partial charge in [0, 0.05) is 6.92 Å². The number of esters is 1. The van der Waals surface area contributed by atoms with Crippen LogP contribution >= 0.6 is 0 Å². The van der Waals surface area contributed by atoms with Gasteiger partial charge in [-0.15, -0.1) is 0 Å². The van der Waals surface area contributed by atoms with E-state index in [0.717, 1.165) is 0 Å². The molecule has 0 saturated carbocycles. The van der Waals surface area contributed by atoms with E-state index in [-0.39, 0.29) is 13.0 Å². The maximum atomic E-state index is 10.1. The minimum atomic E-state index is -0.818. The molecule has 0 rings (SSSR count). The van der Waals surface area contributed by atoms with Gasteiger partial charge < -0.3 is 9.62 Å². The average Bonchev–Trinajstić information content (AvgIpc) is 1.87. The molecule has 1 N–H and O–H groups in total. The highest BCUT2D eigenvalue weighted by Crippen LogP contribution is 1.85. The molecule has 0 aliphatic rings. The van der Waals surface area contributed by atoms with Crippen LogP contribution in [-0.4, -0.2) is 23.8 Å². The van der Waals surface area contributed by atoms with Crippen molar-refractivity contribution in [3.05, 3.63) is 0 Å². The van der Waals surface area contributed by atoms with Crippen LogP contribution in [0.3, 0.4) is 0 Å². The molecular weight excluding hydrogens is 140 g/mol. The molecule has 5 heteroatoms. The molecule has 0 unspecified atom stereocenters. The summed E-state index contributed by atoms with van der Waals surface area (Å²) in [6, 6.07) is 0. The molecule has 0 spiro atoms. The van der Waals surface area contributed by atoms with Gasteiger partial charge in [0.25, 0.3) is 0 Å². The summed E-state index contributed by atoms with van der Waals surface area (Å²) in [7, 11) is 0. The summed E-state index contributed by atoms with van der Waals surface area (Å²) in [4.78, 5) is 23.5. The zero-order valence-corrected chi connectivity index (χ0v) is 5.49. The largest absolute Gasteiger partial charge is 0.465 e. The van der Waals surface area contributed by atoms with Crippen molar-refractivity contribution in [3.63, 3.8) is 0 Å². The van der Waals surface area contributed by atoms with Crippen LogP contribution in [0.2, 0.25) is 0 Å². The van der Waals surface area contributed by atoms with Gasteiger partial charge in [-0.05, 0) is 0 Å². The molecule has 0 aliphatic heterocycles.